The van der Waals surface area contributed by atoms with Crippen molar-refractivity contribution >= 4 is 43.2 Å². The van der Waals surface area contributed by atoms with Crippen molar-refractivity contribution in [3.63, 3.8) is 0 Å². The number of aromatic nitrogens is 1. The lowest BCUT2D eigenvalue weighted by atomic mass is 10.2. The number of thiophene rings is 1. The first kappa shape index (κ1) is 15.9. The molecule has 6 heteroatoms. The predicted molar refractivity (Wildman–Crippen MR) is 90.3 cm³/mol. The monoisotopic (exact) mass is 418 g/mol. The maximum atomic E-state index is 5.71. The van der Waals surface area contributed by atoms with E-state index in [4.69, 9.17) is 4.74 Å². The third-order valence-electron chi connectivity index (χ3n) is 2.51. The molecule has 0 radical (unpaired) electrons. The maximum Gasteiger partial charge on any atom is 0.218 e. The Labute approximate surface area is 140 Å². The van der Waals surface area contributed by atoms with Gasteiger partial charge < -0.3 is 10.1 Å². The second kappa shape index (κ2) is 7.54. The minimum Gasteiger partial charge on any atom is -0.475 e. The number of nitrogens with one attached hydrogen (secondary N) is 1. The van der Waals surface area contributed by atoms with Crippen molar-refractivity contribution in [2.24, 2.45) is 0 Å². The molecule has 1 N–H and O–H groups in total. The minimum absolute atomic E-state index is 0.132. The van der Waals surface area contributed by atoms with Crippen LogP contribution >= 0.6 is 43.2 Å². The second-order valence-corrected chi connectivity index (χ2v) is 7.88. The summed E-state index contributed by atoms with van der Waals surface area (Å²) in [4.78, 5) is 5.56. The minimum atomic E-state index is 0.132. The van der Waals surface area contributed by atoms with Gasteiger partial charge in [-0.05, 0) is 57.8 Å². The Bertz CT molecular complexity index is 553. The quantitative estimate of drug-likeness (QED) is 0.733. The summed E-state index contributed by atoms with van der Waals surface area (Å²) < 4.78 is 7.93. The largest absolute Gasteiger partial charge is 0.475 e. The highest BCUT2D eigenvalue weighted by Crippen LogP contribution is 2.32. The van der Waals surface area contributed by atoms with E-state index in [2.05, 4.69) is 48.2 Å². The van der Waals surface area contributed by atoms with Crippen molar-refractivity contribution in [2.45, 2.75) is 33.0 Å². The zero-order valence-corrected chi connectivity index (χ0v) is 15.3. The summed E-state index contributed by atoms with van der Waals surface area (Å²) in [5, 5.41) is 3.42. The van der Waals surface area contributed by atoms with Gasteiger partial charge in [0.25, 0.3) is 0 Å². The molecule has 0 saturated heterocycles. The normalized spacial score (nSPS) is 11.1. The van der Waals surface area contributed by atoms with Crippen molar-refractivity contribution < 1.29 is 4.74 Å². The van der Waals surface area contributed by atoms with Gasteiger partial charge in [-0.1, -0.05) is 6.07 Å². The fourth-order valence-corrected chi connectivity index (χ4v) is 3.83. The van der Waals surface area contributed by atoms with Gasteiger partial charge in [-0.25, -0.2) is 4.98 Å². The Hall–Kier alpha value is -0.430. The molecule has 0 spiro atoms. The maximum absolute atomic E-state index is 5.71. The van der Waals surface area contributed by atoms with Crippen LogP contribution in [0.2, 0.25) is 0 Å². The first-order chi connectivity index (χ1) is 9.56. The van der Waals surface area contributed by atoms with E-state index < -0.39 is 0 Å². The summed E-state index contributed by atoms with van der Waals surface area (Å²) >= 11 is 8.73. The van der Waals surface area contributed by atoms with Crippen LogP contribution in [0.1, 0.15) is 24.3 Å². The second-order valence-electron chi connectivity index (χ2n) is 4.57. The Morgan fingerprint density at radius 2 is 2.15 bits per heavy atom. The van der Waals surface area contributed by atoms with Crippen LogP contribution in [0.4, 0.5) is 0 Å². The summed E-state index contributed by atoms with van der Waals surface area (Å²) in [6.45, 7) is 5.58. The van der Waals surface area contributed by atoms with Crippen molar-refractivity contribution in [1.29, 1.82) is 0 Å². The van der Waals surface area contributed by atoms with E-state index in [9.17, 15) is 0 Å². The Kier molecular flexibility index (Phi) is 6.01. The van der Waals surface area contributed by atoms with Crippen LogP contribution in [0.25, 0.3) is 0 Å². The van der Waals surface area contributed by atoms with Gasteiger partial charge in [-0.2, -0.15) is 0 Å². The first-order valence-corrected chi connectivity index (χ1v) is 8.71. The standard InChI is InChI=1S/C14H16Br2N2OS/c1-9(2)19-14-10(4-3-5-18-14)7-17-8-11-6-12(15)13(16)20-11/h3-6,9,17H,7-8H2,1-2H3. The van der Waals surface area contributed by atoms with Crippen LogP contribution in [-0.2, 0) is 13.1 Å². The summed E-state index contributed by atoms with van der Waals surface area (Å²) in [6, 6.07) is 6.09. The van der Waals surface area contributed by atoms with Crippen LogP contribution in [0.3, 0.4) is 0 Å². The summed E-state index contributed by atoms with van der Waals surface area (Å²) in [6.07, 6.45) is 1.89. The van der Waals surface area contributed by atoms with Crippen molar-refractivity contribution in [1.82, 2.24) is 10.3 Å². The molecule has 0 aliphatic heterocycles. The topological polar surface area (TPSA) is 34.1 Å². The highest BCUT2D eigenvalue weighted by molar-refractivity contribution is 9.13. The predicted octanol–water partition coefficient (Wildman–Crippen LogP) is 4.75. The van der Waals surface area contributed by atoms with Gasteiger partial charge in [0, 0.05) is 34.2 Å². The molecule has 20 heavy (non-hydrogen) atoms. The molecule has 0 aliphatic carbocycles. The number of hydrogen-bond donors (Lipinski definition) is 1. The smallest absolute Gasteiger partial charge is 0.218 e. The number of rotatable bonds is 6. The Morgan fingerprint density at radius 3 is 2.80 bits per heavy atom. The summed E-state index contributed by atoms with van der Waals surface area (Å²) in [7, 11) is 0. The summed E-state index contributed by atoms with van der Waals surface area (Å²) in [5.41, 5.74) is 1.08. The molecule has 0 atom stereocenters. The van der Waals surface area contributed by atoms with Gasteiger partial charge in [0.15, 0.2) is 0 Å². The lowest BCUT2D eigenvalue weighted by Gasteiger charge is -2.13. The number of halogens is 2. The molecule has 2 heterocycles. The molecular formula is C14H16Br2N2OS. The molecule has 0 aliphatic rings. The van der Waals surface area contributed by atoms with E-state index >= 15 is 0 Å². The van der Waals surface area contributed by atoms with Gasteiger partial charge in [-0.15, -0.1) is 11.3 Å². The molecule has 2 rings (SSSR count). The SMILES string of the molecule is CC(C)Oc1ncccc1CNCc1cc(Br)c(Br)s1. The van der Waals surface area contributed by atoms with Gasteiger partial charge >= 0.3 is 0 Å². The van der Waals surface area contributed by atoms with Crippen LogP contribution in [0.15, 0.2) is 32.7 Å². The highest BCUT2D eigenvalue weighted by Gasteiger charge is 2.07. The molecule has 2 aromatic heterocycles. The van der Waals surface area contributed by atoms with Gasteiger partial charge in [0.05, 0.1) is 9.89 Å². The van der Waals surface area contributed by atoms with Gasteiger partial charge in [0.1, 0.15) is 0 Å². The van der Waals surface area contributed by atoms with E-state index in [1.807, 2.05) is 26.0 Å². The first-order valence-electron chi connectivity index (χ1n) is 6.31. The Balaban J connectivity index is 1.93. The molecule has 2 aromatic rings. The molecule has 0 bridgehead atoms. The van der Waals surface area contributed by atoms with Gasteiger partial charge in [0.2, 0.25) is 5.88 Å². The highest BCUT2D eigenvalue weighted by atomic mass is 79.9. The van der Waals surface area contributed by atoms with Crippen molar-refractivity contribution in [3.05, 3.63) is 43.1 Å². The molecule has 0 saturated carbocycles. The van der Waals surface area contributed by atoms with Crippen LogP contribution in [0.5, 0.6) is 5.88 Å². The lowest BCUT2D eigenvalue weighted by Crippen LogP contribution is -2.15. The molecule has 0 unspecified atom stereocenters. The molecular weight excluding hydrogens is 404 g/mol. The van der Waals surface area contributed by atoms with Crippen molar-refractivity contribution in [2.75, 3.05) is 0 Å². The number of pyridine rings is 1. The van der Waals surface area contributed by atoms with E-state index in [1.54, 1.807) is 17.5 Å². The molecule has 108 valence electrons. The van der Waals surface area contributed by atoms with Crippen LogP contribution in [0, 0.1) is 0 Å². The van der Waals surface area contributed by atoms with Crippen LogP contribution < -0.4 is 10.1 Å². The average Bonchev–Trinajstić information content (AvgIpc) is 2.70. The van der Waals surface area contributed by atoms with Gasteiger partial charge in [-0.3, -0.25) is 0 Å². The average molecular weight is 420 g/mol. The summed E-state index contributed by atoms with van der Waals surface area (Å²) in [5.74, 6) is 0.712. The molecule has 3 nitrogen and oxygen atoms in total. The van der Waals surface area contributed by atoms with Crippen LogP contribution in [-0.4, -0.2) is 11.1 Å². The molecule has 0 fully saturated rings. The third kappa shape index (κ3) is 4.55. The zero-order chi connectivity index (χ0) is 14.5. The van der Waals surface area contributed by atoms with Crippen molar-refractivity contribution in [3.8, 4) is 5.88 Å². The van der Waals surface area contributed by atoms with E-state index in [0.717, 1.165) is 26.9 Å². The fourth-order valence-electron chi connectivity index (χ4n) is 1.69. The molecule has 0 aromatic carbocycles. The van der Waals surface area contributed by atoms with E-state index in [-0.39, 0.29) is 6.10 Å². The molecule has 0 amide bonds. The van der Waals surface area contributed by atoms with E-state index in [0.29, 0.717) is 5.88 Å². The van der Waals surface area contributed by atoms with E-state index in [1.165, 1.54) is 4.88 Å². The zero-order valence-electron chi connectivity index (χ0n) is 11.3. The number of nitrogens with zero attached hydrogens (tertiary/aromatic N) is 1. The Morgan fingerprint density at radius 1 is 1.35 bits per heavy atom. The fraction of sp³-hybridized carbons (Fsp3) is 0.357. The third-order valence-corrected chi connectivity index (χ3v) is 5.76. The number of ether oxygens (including phenoxy) is 1. The lowest BCUT2D eigenvalue weighted by molar-refractivity contribution is 0.229. The number of hydrogen-bond acceptors (Lipinski definition) is 4.